The molecular weight excluding hydrogens is 356 g/mol. The number of benzene rings is 2. The van der Waals surface area contributed by atoms with E-state index >= 15 is 0 Å². The molecule has 2 amide bonds. The van der Waals surface area contributed by atoms with Crippen LogP contribution in [0.4, 0.5) is 11.4 Å². The first kappa shape index (κ1) is 19.9. The maximum atomic E-state index is 12.2. The monoisotopic (exact) mass is 382 g/mol. The first-order valence-electron chi connectivity index (χ1n) is 9.43. The summed E-state index contributed by atoms with van der Waals surface area (Å²) >= 11 is 0. The number of carbonyl (C=O) groups excluding carboxylic acids is 2. The largest absolute Gasteiger partial charge is 0.399 e. The van der Waals surface area contributed by atoms with Crippen LogP contribution < -0.4 is 16.4 Å². The van der Waals surface area contributed by atoms with Crippen molar-refractivity contribution in [3.63, 3.8) is 0 Å². The molecule has 1 saturated heterocycles. The molecule has 0 bridgehead atoms. The molecule has 2 aromatic rings. The van der Waals surface area contributed by atoms with Gasteiger partial charge in [0.25, 0.3) is 5.91 Å². The van der Waals surface area contributed by atoms with E-state index in [9.17, 15) is 9.59 Å². The Morgan fingerprint density at radius 3 is 2.36 bits per heavy atom. The van der Waals surface area contributed by atoms with Crippen LogP contribution in [0.5, 0.6) is 0 Å². The molecule has 1 fully saturated rings. The van der Waals surface area contributed by atoms with Gasteiger partial charge < -0.3 is 21.1 Å². The van der Waals surface area contributed by atoms with Crippen LogP contribution in [-0.2, 0) is 16.0 Å². The highest BCUT2D eigenvalue weighted by molar-refractivity contribution is 5.96. The van der Waals surface area contributed by atoms with Crippen molar-refractivity contribution in [2.45, 2.75) is 6.42 Å². The van der Waals surface area contributed by atoms with Gasteiger partial charge in [-0.05, 0) is 42.0 Å². The third-order valence-corrected chi connectivity index (χ3v) is 4.59. The number of nitrogens with two attached hydrogens (primary N) is 1. The molecule has 1 heterocycles. The van der Waals surface area contributed by atoms with E-state index in [1.165, 1.54) is 0 Å². The molecule has 0 saturated carbocycles. The van der Waals surface area contributed by atoms with Crippen molar-refractivity contribution in [1.29, 1.82) is 0 Å². The molecule has 1 aliphatic rings. The fourth-order valence-corrected chi connectivity index (χ4v) is 2.99. The lowest BCUT2D eigenvalue weighted by molar-refractivity contribution is -0.115. The zero-order valence-corrected chi connectivity index (χ0v) is 15.8. The first-order chi connectivity index (χ1) is 13.6. The van der Waals surface area contributed by atoms with Gasteiger partial charge in [0.1, 0.15) is 0 Å². The highest BCUT2D eigenvalue weighted by atomic mass is 16.5. The molecule has 28 heavy (non-hydrogen) atoms. The Morgan fingerprint density at radius 1 is 1.00 bits per heavy atom. The fraction of sp³-hybridized carbons (Fsp3) is 0.333. The first-order valence-corrected chi connectivity index (χ1v) is 9.43. The van der Waals surface area contributed by atoms with E-state index in [1.807, 2.05) is 12.1 Å². The number of amides is 2. The maximum absolute atomic E-state index is 12.2. The highest BCUT2D eigenvalue weighted by Gasteiger charge is 2.11. The normalized spacial score (nSPS) is 14.4. The molecule has 0 aromatic heterocycles. The molecule has 0 atom stereocenters. The molecule has 3 rings (SSSR count). The van der Waals surface area contributed by atoms with Gasteiger partial charge in [-0.25, -0.2) is 0 Å². The van der Waals surface area contributed by atoms with E-state index in [-0.39, 0.29) is 18.2 Å². The number of nitrogens with zero attached hydrogens (tertiary/aromatic N) is 1. The van der Waals surface area contributed by atoms with Crippen molar-refractivity contribution in [1.82, 2.24) is 10.2 Å². The van der Waals surface area contributed by atoms with Crippen molar-refractivity contribution in [3.05, 3.63) is 59.7 Å². The summed E-state index contributed by atoms with van der Waals surface area (Å²) in [6.45, 7) is 4.72. The summed E-state index contributed by atoms with van der Waals surface area (Å²) in [6.07, 6.45) is 0.268. The molecule has 0 spiro atoms. The van der Waals surface area contributed by atoms with Gasteiger partial charge in [-0.1, -0.05) is 12.1 Å². The van der Waals surface area contributed by atoms with Gasteiger partial charge in [0.05, 0.1) is 19.6 Å². The zero-order valence-electron chi connectivity index (χ0n) is 15.8. The number of morpholine rings is 1. The summed E-state index contributed by atoms with van der Waals surface area (Å²) in [4.78, 5) is 26.6. The number of nitrogens with one attached hydrogen (secondary N) is 2. The summed E-state index contributed by atoms with van der Waals surface area (Å²) in [6, 6.07) is 14.1. The average molecular weight is 382 g/mol. The molecule has 7 nitrogen and oxygen atoms in total. The number of anilines is 2. The minimum Gasteiger partial charge on any atom is -0.399 e. The number of carbonyl (C=O) groups is 2. The predicted molar refractivity (Wildman–Crippen MR) is 109 cm³/mol. The molecule has 1 aliphatic heterocycles. The van der Waals surface area contributed by atoms with Crippen molar-refractivity contribution in [2.24, 2.45) is 0 Å². The van der Waals surface area contributed by atoms with Crippen LogP contribution in [0.1, 0.15) is 15.9 Å². The minimum atomic E-state index is -0.118. The molecule has 148 valence electrons. The van der Waals surface area contributed by atoms with Crippen LogP contribution >= 0.6 is 0 Å². The van der Waals surface area contributed by atoms with Gasteiger partial charge in [0, 0.05) is 43.1 Å². The molecule has 2 aromatic carbocycles. The van der Waals surface area contributed by atoms with E-state index in [4.69, 9.17) is 10.5 Å². The van der Waals surface area contributed by atoms with Crippen molar-refractivity contribution < 1.29 is 14.3 Å². The quantitative estimate of drug-likeness (QED) is 0.631. The van der Waals surface area contributed by atoms with Gasteiger partial charge in [0.2, 0.25) is 5.91 Å². The third kappa shape index (κ3) is 6.07. The Kier molecular flexibility index (Phi) is 7.00. The van der Waals surface area contributed by atoms with E-state index in [1.54, 1.807) is 36.4 Å². The smallest absolute Gasteiger partial charge is 0.251 e. The Bertz CT molecular complexity index is 784. The van der Waals surface area contributed by atoms with E-state index < -0.39 is 0 Å². The standard InChI is InChI=1S/C21H26N4O3/c22-18-5-1-16(2-6-18)15-20(26)24-19-7-3-17(4-8-19)21(27)23-9-10-25-11-13-28-14-12-25/h1-8H,9-15,22H2,(H,23,27)(H,24,26). The average Bonchev–Trinajstić information content (AvgIpc) is 2.71. The van der Waals surface area contributed by atoms with Gasteiger partial charge >= 0.3 is 0 Å². The van der Waals surface area contributed by atoms with E-state index in [0.29, 0.717) is 23.5 Å². The number of ether oxygens (including phenoxy) is 1. The van der Waals surface area contributed by atoms with Gasteiger partial charge in [-0.2, -0.15) is 0 Å². The summed E-state index contributed by atoms with van der Waals surface area (Å²) < 4.78 is 5.31. The molecule has 7 heteroatoms. The lowest BCUT2D eigenvalue weighted by Crippen LogP contribution is -2.41. The predicted octanol–water partition coefficient (Wildman–Crippen LogP) is 1.51. The van der Waals surface area contributed by atoms with Crippen LogP contribution in [0.25, 0.3) is 0 Å². The van der Waals surface area contributed by atoms with Gasteiger partial charge in [-0.3, -0.25) is 14.5 Å². The summed E-state index contributed by atoms with van der Waals surface area (Å²) in [5, 5.41) is 5.76. The second-order valence-corrected chi connectivity index (χ2v) is 6.75. The second kappa shape index (κ2) is 9.87. The van der Waals surface area contributed by atoms with Crippen LogP contribution in [0.2, 0.25) is 0 Å². The number of nitrogen functional groups attached to an aromatic ring is 1. The van der Waals surface area contributed by atoms with E-state index in [2.05, 4.69) is 15.5 Å². The molecule has 4 N–H and O–H groups in total. The Balaban J connectivity index is 1.43. The Morgan fingerprint density at radius 2 is 1.68 bits per heavy atom. The third-order valence-electron chi connectivity index (χ3n) is 4.59. The lowest BCUT2D eigenvalue weighted by atomic mass is 10.1. The Labute approximate surface area is 164 Å². The molecule has 0 unspecified atom stereocenters. The van der Waals surface area contributed by atoms with Crippen LogP contribution in [-0.4, -0.2) is 56.1 Å². The number of hydrogen-bond donors (Lipinski definition) is 3. The molecule has 0 radical (unpaired) electrons. The van der Waals surface area contributed by atoms with Crippen molar-refractivity contribution in [3.8, 4) is 0 Å². The molecular formula is C21H26N4O3. The fourth-order valence-electron chi connectivity index (χ4n) is 2.99. The van der Waals surface area contributed by atoms with Crippen LogP contribution in [0.15, 0.2) is 48.5 Å². The Hall–Kier alpha value is -2.90. The van der Waals surface area contributed by atoms with Crippen LogP contribution in [0, 0.1) is 0 Å². The maximum Gasteiger partial charge on any atom is 0.251 e. The van der Waals surface area contributed by atoms with Crippen LogP contribution in [0.3, 0.4) is 0 Å². The minimum absolute atomic E-state index is 0.118. The lowest BCUT2D eigenvalue weighted by Gasteiger charge is -2.26. The number of rotatable bonds is 7. The highest BCUT2D eigenvalue weighted by Crippen LogP contribution is 2.11. The van der Waals surface area contributed by atoms with Crippen molar-refractivity contribution in [2.75, 3.05) is 50.4 Å². The van der Waals surface area contributed by atoms with Gasteiger partial charge in [0.15, 0.2) is 0 Å². The summed E-state index contributed by atoms with van der Waals surface area (Å²) in [5.41, 5.74) is 8.43. The van der Waals surface area contributed by atoms with Gasteiger partial charge in [-0.15, -0.1) is 0 Å². The zero-order chi connectivity index (χ0) is 19.8. The van der Waals surface area contributed by atoms with E-state index in [0.717, 1.165) is 38.4 Å². The van der Waals surface area contributed by atoms with Crippen molar-refractivity contribution >= 4 is 23.2 Å². The summed E-state index contributed by atoms with van der Waals surface area (Å²) in [7, 11) is 0. The second-order valence-electron chi connectivity index (χ2n) is 6.75. The summed E-state index contributed by atoms with van der Waals surface area (Å²) in [5.74, 6) is -0.236. The molecule has 0 aliphatic carbocycles. The topological polar surface area (TPSA) is 96.7 Å². The number of hydrogen-bond acceptors (Lipinski definition) is 5. The SMILES string of the molecule is Nc1ccc(CC(=O)Nc2ccc(C(=O)NCCN3CCOCC3)cc2)cc1.